The fraction of sp³-hybridized carbons (Fsp3) is 0.214. The Bertz CT molecular complexity index is 1300. The van der Waals surface area contributed by atoms with Crippen LogP contribution in [0.3, 0.4) is 0 Å². The lowest BCUT2D eigenvalue weighted by molar-refractivity contribution is -0.122. The highest BCUT2D eigenvalue weighted by atomic mass is 35.5. The number of thioether (sulfide) groups is 1. The second-order valence-corrected chi connectivity index (χ2v) is 10.1. The number of halogens is 1. The molecule has 0 aliphatic carbocycles. The van der Waals surface area contributed by atoms with Crippen LogP contribution in [0, 0.1) is 0 Å². The minimum Gasteiger partial charge on any atom is -0.493 e. The summed E-state index contributed by atoms with van der Waals surface area (Å²) >= 11 is 13.3. The number of hydrogen-bond acceptors (Lipinski definition) is 7. The molecule has 1 amide bonds. The summed E-state index contributed by atoms with van der Waals surface area (Å²) in [6, 6.07) is 20.8. The molecule has 1 saturated heterocycles. The topological polar surface area (TPSA) is 57.2 Å². The van der Waals surface area contributed by atoms with E-state index >= 15 is 0 Å². The molecule has 6 nitrogen and oxygen atoms in total. The Hall–Kier alpha value is -3.20. The van der Waals surface area contributed by atoms with Gasteiger partial charge < -0.3 is 18.9 Å². The maximum absolute atomic E-state index is 13.0. The Labute approximate surface area is 231 Å². The molecule has 9 heteroatoms. The van der Waals surface area contributed by atoms with E-state index < -0.39 is 0 Å². The van der Waals surface area contributed by atoms with E-state index in [1.807, 2.05) is 54.6 Å². The van der Waals surface area contributed by atoms with Gasteiger partial charge in [0.1, 0.15) is 4.32 Å². The number of para-hydroxylation sites is 2. The van der Waals surface area contributed by atoms with Crippen molar-refractivity contribution in [2.75, 3.05) is 27.4 Å². The molecule has 1 fully saturated rings. The molecule has 0 aromatic heterocycles. The molecule has 1 heterocycles. The van der Waals surface area contributed by atoms with E-state index in [4.69, 9.17) is 42.8 Å². The Kier molecular flexibility index (Phi) is 9.33. The molecule has 37 heavy (non-hydrogen) atoms. The lowest BCUT2D eigenvalue weighted by Crippen LogP contribution is -2.27. The molecule has 3 aromatic carbocycles. The predicted octanol–water partition coefficient (Wildman–Crippen LogP) is 6.61. The summed E-state index contributed by atoms with van der Waals surface area (Å²) in [6.45, 7) is 1.26. The van der Waals surface area contributed by atoms with Crippen LogP contribution in [-0.4, -0.2) is 42.6 Å². The molecule has 0 radical (unpaired) electrons. The number of nitrogens with zero attached hydrogens (tertiary/aromatic N) is 1. The van der Waals surface area contributed by atoms with Crippen molar-refractivity contribution in [3.8, 4) is 23.0 Å². The van der Waals surface area contributed by atoms with Crippen molar-refractivity contribution in [2.24, 2.45) is 0 Å². The monoisotopic (exact) mass is 555 g/mol. The fourth-order valence-corrected chi connectivity index (χ4v) is 5.20. The Morgan fingerprint density at radius 2 is 1.59 bits per heavy atom. The largest absolute Gasteiger partial charge is 0.493 e. The summed E-state index contributed by atoms with van der Waals surface area (Å²) in [4.78, 5) is 15.1. The van der Waals surface area contributed by atoms with E-state index in [1.165, 1.54) is 11.8 Å². The number of carbonyl (C=O) groups excluding carboxylic acids is 1. The van der Waals surface area contributed by atoms with Crippen LogP contribution < -0.4 is 18.9 Å². The lowest BCUT2D eigenvalue weighted by Gasteiger charge is -2.15. The van der Waals surface area contributed by atoms with Crippen LogP contribution in [0.1, 0.15) is 17.5 Å². The molecule has 1 aliphatic heterocycles. The minimum atomic E-state index is -0.135. The van der Waals surface area contributed by atoms with Crippen LogP contribution in [0.15, 0.2) is 71.6 Å². The van der Waals surface area contributed by atoms with Gasteiger partial charge in [0.05, 0.1) is 43.9 Å². The van der Waals surface area contributed by atoms with Gasteiger partial charge in [0.2, 0.25) is 0 Å². The summed E-state index contributed by atoms with van der Waals surface area (Å²) in [5, 5.41) is 0.385. The molecule has 0 bridgehead atoms. The summed E-state index contributed by atoms with van der Waals surface area (Å²) in [5.41, 5.74) is 1.73. The van der Waals surface area contributed by atoms with E-state index in [0.717, 1.165) is 5.56 Å². The van der Waals surface area contributed by atoms with Crippen molar-refractivity contribution in [1.29, 1.82) is 0 Å². The zero-order chi connectivity index (χ0) is 26.2. The standard InChI is InChI=1S/C28H26ClNO5S2/c1-32-22-11-6-7-12-23(22)34-13-8-14-35-26-21(29)15-20(16-24(26)33-2)17-25-27(31)30(28(36)37-25)18-19-9-4-3-5-10-19/h3-7,9-12,15-17H,8,13-14,18H2,1-2H3/b25-17-. The van der Waals surface area contributed by atoms with Crippen molar-refractivity contribution in [3.05, 3.63) is 87.8 Å². The van der Waals surface area contributed by atoms with E-state index in [9.17, 15) is 4.79 Å². The highest BCUT2D eigenvalue weighted by Gasteiger charge is 2.32. The average Bonchev–Trinajstić information content (AvgIpc) is 3.17. The smallest absolute Gasteiger partial charge is 0.266 e. The number of carbonyl (C=O) groups is 1. The lowest BCUT2D eigenvalue weighted by atomic mass is 10.1. The van der Waals surface area contributed by atoms with Gasteiger partial charge in [-0.25, -0.2) is 0 Å². The van der Waals surface area contributed by atoms with Gasteiger partial charge in [0.25, 0.3) is 5.91 Å². The summed E-state index contributed by atoms with van der Waals surface area (Å²) in [6.07, 6.45) is 2.40. The van der Waals surface area contributed by atoms with Gasteiger partial charge in [-0.2, -0.15) is 0 Å². The maximum Gasteiger partial charge on any atom is 0.266 e. The van der Waals surface area contributed by atoms with Crippen LogP contribution in [0.4, 0.5) is 0 Å². The number of thiocarbonyl (C=S) groups is 1. The van der Waals surface area contributed by atoms with Crippen molar-refractivity contribution < 1.29 is 23.7 Å². The highest BCUT2D eigenvalue weighted by Crippen LogP contribution is 2.39. The minimum absolute atomic E-state index is 0.135. The molecule has 192 valence electrons. The molecule has 0 spiro atoms. The maximum atomic E-state index is 13.0. The molecule has 3 aromatic rings. The van der Waals surface area contributed by atoms with Crippen molar-refractivity contribution in [1.82, 2.24) is 4.90 Å². The number of hydrogen-bond donors (Lipinski definition) is 0. The number of benzene rings is 3. The van der Waals surface area contributed by atoms with Crippen LogP contribution in [0.2, 0.25) is 5.02 Å². The predicted molar refractivity (Wildman–Crippen MR) is 152 cm³/mol. The van der Waals surface area contributed by atoms with E-state index in [2.05, 4.69) is 0 Å². The third-order valence-electron chi connectivity index (χ3n) is 5.47. The zero-order valence-electron chi connectivity index (χ0n) is 20.4. The highest BCUT2D eigenvalue weighted by molar-refractivity contribution is 8.26. The van der Waals surface area contributed by atoms with Crippen molar-refractivity contribution in [3.63, 3.8) is 0 Å². The first-order valence-electron chi connectivity index (χ1n) is 11.6. The van der Waals surface area contributed by atoms with E-state index in [1.54, 1.807) is 37.3 Å². The molecule has 0 unspecified atom stereocenters. The number of ether oxygens (including phenoxy) is 4. The van der Waals surface area contributed by atoms with E-state index in [0.29, 0.717) is 69.0 Å². The Morgan fingerprint density at radius 3 is 2.32 bits per heavy atom. The molecular weight excluding hydrogens is 530 g/mol. The first-order chi connectivity index (χ1) is 18.0. The Morgan fingerprint density at radius 1 is 0.919 bits per heavy atom. The van der Waals surface area contributed by atoms with Gasteiger partial charge >= 0.3 is 0 Å². The molecular formula is C28H26ClNO5S2. The van der Waals surface area contributed by atoms with Crippen LogP contribution in [0.5, 0.6) is 23.0 Å². The van der Waals surface area contributed by atoms with E-state index in [-0.39, 0.29) is 5.91 Å². The fourth-order valence-electron chi connectivity index (χ4n) is 3.67. The number of amides is 1. The number of methoxy groups -OCH3 is 2. The summed E-state index contributed by atoms with van der Waals surface area (Å²) in [7, 11) is 3.15. The molecule has 0 saturated carbocycles. The Balaban J connectivity index is 1.38. The molecule has 0 N–H and O–H groups in total. The van der Waals surface area contributed by atoms with Crippen LogP contribution in [0.25, 0.3) is 6.08 Å². The van der Waals surface area contributed by atoms with Gasteiger partial charge in [-0.05, 0) is 41.5 Å². The third kappa shape index (κ3) is 6.77. The molecule has 1 aliphatic rings. The summed E-state index contributed by atoms with van der Waals surface area (Å²) < 4.78 is 23.0. The summed E-state index contributed by atoms with van der Waals surface area (Å²) in [5.74, 6) is 2.14. The second-order valence-electron chi connectivity index (χ2n) is 7.99. The molecule has 4 rings (SSSR count). The third-order valence-corrected chi connectivity index (χ3v) is 7.13. The first-order valence-corrected chi connectivity index (χ1v) is 13.2. The van der Waals surface area contributed by atoms with Crippen molar-refractivity contribution in [2.45, 2.75) is 13.0 Å². The van der Waals surface area contributed by atoms with Gasteiger partial charge in [0, 0.05) is 6.42 Å². The van der Waals surface area contributed by atoms with Gasteiger partial charge in [-0.15, -0.1) is 0 Å². The average molecular weight is 556 g/mol. The second kappa shape index (κ2) is 12.9. The zero-order valence-corrected chi connectivity index (χ0v) is 22.8. The van der Waals surface area contributed by atoms with Crippen LogP contribution in [-0.2, 0) is 11.3 Å². The van der Waals surface area contributed by atoms with Gasteiger partial charge in [-0.3, -0.25) is 9.69 Å². The quantitative estimate of drug-likeness (QED) is 0.150. The SMILES string of the molecule is COc1ccccc1OCCCOc1c(Cl)cc(/C=C2\SC(=S)N(Cc3ccccc3)C2=O)cc1OC. The normalized spacial score (nSPS) is 14.2. The van der Waals surface area contributed by atoms with Crippen molar-refractivity contribution >= 4 is 51.9 Å². The first kappa shape index (κ1) is 26.9. The van der Waals surface area contributed by atoms with Gasteiger partial charge in [-0.1, -0.05) is 78.0 Å². The molecule has 0 atom stereocenters. The number of rotatable bonds is 11. The van der Waals surface area contributed by atoms with Crippen LogP contribution >= 0.6 is 35.6 Å². The van der Waals surface area contributed by atoms with Gasteiger partial charge in [0.15, 0.2) is 23.0 Å².